The smallest absolute Gasteiger partial charge is 0.319 e. The summed E-state index contributed by atoms with van der Waals surface area (Å²) in [6.07, 6.45) is 0. The minimum absolute atomic E-state index is 0.0646. The number of ether oxygens (including phenoxy) is 3. The molecule has 0 saturated heterocycles. The van der Waals surface area contributed by atoms with Gasteiger partial charge < -0.3 is 24.8 Å². The van der Waals surface area contributed by atoms with Crippen LogP contribution in [0.1, 0.15) is 18.4 Å². The third-order valence-electron chi connectivity index (χ3n) is 4.63. The average Bonchev–Trinajstić information content (AvgIpc) is 2.79. The number of hydrogen-bond acceptors (Lipinski definition) is 8. The number of carbonyl (C=O) groups is 3. The van der Waals surface area contributed by atoms with Crippen molar-refractivity contribution in [2.45, 2.75) is 12.8 Å². The van der Waals surface area contributed by atoms with Crippen molar-refractivity contribution in [3.63, 3.8) is 0 Å². The summed E-state index contributed by atoms with van der Waals surface area (Å²) < 4.78 is 15.1. The largest absolute Gasteiger partial charge is 0.491 e. The first-order valence-corrected chi connectivity index (χ1v) is 11.6. The lowest BCUT2D eigenvalue weighted by molar-refractivity contribution is -0.150. The molecule has 0 saturated carbocycles. The highest BCUT2D eigenvalue weighted by atomic mass is 35.5. The number of nitrogens with zero attached hydrogens (tertiary/aromatic N) is 1. The van der Waals surface area contributed by atoms with Crippen LogP contribution in [0.3, 0.4) is 0 Å². The summed E-state index contributed by atoms with van der Waals surface area (Å²) in [4.78, 5) is 37.4. The maximum Gasteiger partial charge on any atom is 0.319 e. The number of benzene rings is 1. The van der Waals surface area contributed by atoms with Gasteiger partial charge in [-0.2, -0.15) is 5.26 Å². The average molecular weight is 516 g/mol. The molecule has 2 amide bonds. The minimum atomic E-state index is -1.35. The van der Waals surface area contributed by atoms with Crippen LogP contribution < -0.4 is 15.4 Å². The third-order valence-corrected chi connectivity index (χ3v) is 6.21. The number of allylic oxidation sites excluding steroid dienone is 1. The second kappa shape index (κ2) is 12.7. The van der Waals surface area contributed by atoms with Gasteiger partial charge in [0.05, 0.1) is 52.8 Å². The van der Waals surface area contributed by atoms with E-state index in [0.717, 1.165) is 18.9 Å². The molecule has 1 aromatic carbocycles. The van der Waals surface area contributed by atoms with Crippen LogP contribution in [0.4, 0.5) is 0 Å². The molecule has 33 heavy (non-hydrogen) atoms. The fourth-order valence-electron chi connectivity index (χ4n) is 3.20. The molecule has 0 spiro atoms. The van der Waals surface area contributed by atoms with E-state index in [1.165, 1.54) is 19.2 Å². The fourth-order valence-corrected chi connectivity index (χ4v) is 4.69. The SMILES string of the molecule is CCOc1c(Cl)cc([C@H]2C(C#N)=C(SCC(=O)NCCOC)NC(=O)[C@H]2C(=O)OC)cc1Cl. The molecule has 1 heterocycles. The van der Waals surface area contributed by atoms with Crippen molar-refractivity contribution in [3.05, 3.63) is 38.3 Å². The van der Waals surface area contributed by atoms with Crippen molar-refractivity contribution in [2.75, 3.05) is 39.7 Å². The second-order valence-electron chi connectivity index (χ2n) is 6.70. The van der Waals surface area contributed by atoms with Gasteiger partial charge in [-0.05, 0) is 24.6 Å². The van der Waals surface area contributed by atoms with Gasteiger partial charge in [0, 0.05) is 19.6 Å². The highest BCUT2D eigenvalue weighted by Crippen LogP contribution is 2.44. The van der Waals surface area contributed by atoms with Crippen LogP contribution in [0.25, 0.3) is 0 Å². The summed E-state index contributed by atoms with van der Waals surface area (Å²) in [6, 6.07) is 5.04. The van der Waals surface area contributed by atoms with Gasteiger partial charge >= 0.3 is 5.97 Å². The van der Waals surface area contributed by atoms with E-state index < -0.39 is 23.7 Å². The zero-order chi connectivity index (χ0) is 24.5. The van der Waals surface area contributed by atoms with E-state index >= 15 is 0 Å². The van der Waals surface area contributed by atoms with Crippen LogP contribution >= 0.6 is 35.0 Å². The number of nitrogens with one attached hydrogen (secondary N) is 2. The fraction of sp³-hybridized carbons (Fsp3) is 0.429. The first-order valence-electron chi connectivity index (χ1n) is 9.82. The van der Waals surface area contributed by atoms with Crippen LogP contribution in [0, 0.1) is 17.2 Å². The molecular weight excluding hydrogens is 493 g/mol. The Morgan fingerprint density at radius 2 is 1.94 bits per heavy atom. The number of methoxy groups -OCH3 is 2. The number of rotatable bonds is 10. The zero-order valence-electron chi connectivity index (χ0n) is 18.2. The Bertz CT molecular complexity index is 972. The van der Waals surface area contributed by atoms with E-state index in [9.17, 15) is 19.6 Å². The van der Waals surface area contributed by atoms with E-state index in [4.69, 9.17) is 37.4 Å². The van der Waals surface area contributed by atoms with Crippen molar-refractivity contribution in [1.82, 2.24) is 10.6 Å². The molecule has 0 aromatic heterocycles. The highest BCUT2D eigenvalue weighted by Gasteiger charge is 2.44. The predicted molar refractivity (Wildman–Crippen MR) is 124 cm³/mol. The topological polar surface area (TPSA) is 127 Å². The third kappa shape index (κ3) is 6.54. The Morgan fingerprint density at radius 1 is 1.27 bits per heavy atom. The van der Waals surface area contributed by atoms with Gasteiger partial charge in [0.25, 0.3) is 0 Å². The molecule has 0 unspecified atom stereocenters. The van der Waals surface area contributed by atoms with Crippen LogP contribution in [-0.4, -0.2) is 57.5 Å². The number of amides is 2. The van der Waals surface area contributed by atoms with Crippen molar-refractivity contribution in [3.8, 4) is 11.8 Å². The Labute approximate surface area is 205 Å². The summed E-state index contributed by atoms with van der Waals surface area (Å²) in [5.41, 5.74) is 0.439. The highest BCUT2D eigenvalue weighted by molar-refractivity contribution is 8.03. The molecule has 0 aliphatic carbocycles. The predicted octanol–water partition coefficient (Wildman–Crippen LogP) is 2.63. The van der Waals surface area contributed by atoms with Crippen molar-refractivity contribution in [2.24, 2.45) is 5.92 Å². The quantitative estimate of drug-likeness (QED) is 0.276. The monoisotopic (exact) mass is 515 g/mol. The number of hydrogen-bond donors (Lipinski definition) is 2. The Morgan fingerprint density at radius 3 is 2.48 bits per heavy atom. The van der Waals surface area contributed by atoms with Crippen LogP contribution in [0.15, 0.2) is 22.7 Å². The van der Waals surface area contributed by atoms with Crippen molar-refractivity contribution >= 4 is 52.7 Å². The number of halogens is 2. The summed E-state index contributed by atoms with van der Waals surface area (Å²) in [6.45, 7) is 2.76. The normalized spacial score (nSPS) is 17.8. The summed E-state index contributed by atoms with van der Waals surface area (Å²) in [5.74, 6) is -4.00. The van der Waals surface area contributed by atoms with Crippen LogP contribution in [-0.2, 0) is 23.9 Å². The molecule has 0 radical (unpaired) electrons. The van der Waals surface area contributed by atoms with E-state index in [1.807, 2.05) is 0 Å². The molecule has 9 nitrogen and oxygen atoms in total. The number of esters is 1. The van der Waals surface area contributed by atoms with E-state index in [2.05, 4.69) is 16.7 Å². The van der Waals surface area contributed by atoms with Crippen LogP contribution in [0.2, 0.25) is 10.0 Å². The van der Waals surface area contributed by atoms with Crippen molar-refractivity contribution < 1.29 is 28.6 Å². The molecule has 2 rings (SSSR count). The second-order valence-corrected chi connectivity index (χ2v) is 8.50. The maximum absolute atomic E-state index is 12.9. The minimum Gasteiger partial charge on any atom is -0.491 e. The van der Waals surface area contributed by atoms with Gasteiger partial charge in [-0.1, -0.05) is 35.0 Å². The number of thioether (sulfide) groups is 1. The van der Waals surface area contributed by atoms with E-state index in [-0.39, 0.29) is 38.1 Å². The molecule has 1 aliphatic heterocycles. The molecule has 1 aliphatic rings. The molecule has 2 N–H and O–H groups in total. The van der Waals surface area contributed by atoms with Crippen molar-refractivity contribution in [1.29, 1.82) is 5.26 Å². The van der Waals surface area contributed by atoms with Crippen LogP contribution in [0.5, 0.6) is 5.75 Å². The van der Waals surface area contributed by atoms with Gasteiger partial charge in [0.15, 0.2) is 5.75 Å². The summed E-state index contributed by atoms with van der Waals surface area (Å²) in [5, 5.41) is 15.6. The molecule has 2 atom stereocenters. The lowest BCUT2D eigenvalue weighted by Gasteiger charge is -2.31. The van der Waals surface area contributed by atoms with Gasteiger partial charge in [-0.15, -0.1) is 0 Å². The first kappa shape index (κ1) is 26.8. The molecular formula is C21H23Cl2N3O6S. The zero-order valence-corrected chi connectivity index (χ0v) is 20.5. The van der Waals surface area contributed by atoms with Gasteiger partial charge in [-0.25, -0.2) is 0 Å². The van der Waals surface area contributed by atoms with Gasteiger partial charge in [-0.3, -0.25) is 14.4 Å². The lowest BCUT2D eigenvalue weighted by atomic mass is 9.78. The standard InChI is InChI=1S/C21H23Cl2N3O6S/c1-4-32-18-13(22)7-11(8-14(18)23)16-12(9-24)20(26-19(28)17(16)21(29)31-3)33-10-15(27)25-5-6-30-2/h7-8,16-17H,4-6,10H2,1-3H3,(H,25,27)(H,26,28)/t16-,17-/m0/s1. The summed E-state index contributed by atoms with van der Waals surface area (Å²) >= 11 is 13.6. The Hall–Kier alpha value is -2.45. The van der Waals surface area contributed by atoms with Gasteiger partial charge in [0.1, 0.15) is 5.92 Å². The first-order chi connectivity index (χ1) is 15.8. The van der Waals surface area contributed by atoms with Gasteiger partial charge in [0.2, 0.25) is 11.8 Å². The van der Waals surface area contributed by atoms with E-state index in [0.29, 0.717) is 25.3 Å². The number of nitriles is 1. The molecule has 1 aromatic rings. The molecule has 0 fully saturated rings. The van der Waals surface area contributed by atoms with E-state index in [1.54, 1.807) is 6.92 Å². The summed E-state index contributed by atoms with van der Waals surface area (Å²) in [7, 11) is 2.66. The maximum atomic E-state index is 12.9. The lowest BCUT2D eigenvalue weighted by Crippen LogP contribution is -2.44. The Kier molecular flexibility index (Phi) is 10.3. The molecule has 178 valence electrons. The molecule has 0 bridgehead atoms. The Balaban J connectivity index is 2.48. The number of carbonyl (C=O) groups excluding carboxylic acids is 3. The molecule has 12 heteroatoms.